The van der Waals surface area contributed by atoms with Gasteiger partial charge in [-0.25, -0.2) is 0 Å². The fourth-order valence-electron chi connectivity index (χ4n) is 3.65. The van der Waals surface area contributed by atoms with Crippen molar-refractivity contribution in [3.05, 3.63) is 41.5 Å². The van der Waals surface area contributed by atoms with E-state index in [0.29, 0.717) is 6.04 Å². The quantitative estimate of drug-likeness (QED) is 0.646. The normalized spacial score (nSPS) is 21.8. The zero-order valence-corrected chi connectivity index (χ0v) is 19.1. The first-order valence-electron chi connectivity index (χ1n) is 8.27. The van der Waals surface area contributed by atoms with E-state index in [9.17, 15) is 5.11 Å². The first-order valence-corrected chi connectivity index (χ1v) is 19.2. The van der Waals surface area contributed by atoms with E-state index >= 15 is 0 Å². The van der Waals surface area contributed by atoms with E-state index in [0.717, 1.165) is 11.1 Å². The van der Waals surface area contributed by atoms with Gasteiger partial charge in [-0.3, -0.25) is 0 Å². The van der Waals surface area contributed by atoms with Crippen LogP contribution in [0.1, 0.15) is 36.1 Å². The zero-order valence-electron chi connectivity index (χ0n) is 15.1. The van der Waals surface area contributed by atoms with Gasteiger partial charge < -0.3 is 0 Å². The molecule has 1 aromatic rings. The average molecular weight is 425 g/mol. The molecule has 2 unspecified atom stereocenters. The van der Waals surface area contributed by atoms with Crippen LogP contribution in [0.4, 0.5) is 0 Å². The molecule has 3 nitrogen and oxygen atoms in total. The number of fused-ring (bicyclic) bond motifs is 1. The summed E-state index contributed by atoms with van der Waals surface area (Å²) in [7, 11) is 16.7. The Morgan fingerprint density at radius 1 is 1.29 bits per heavy atom. The van der Waals surface area contributed by atoms with Crippen LogP contribution in [-0.4, -0.2) is 30.5 Å². The summed E-state index contributed by atoms with van der Waals surface area (Å²) in [4.78, 5) is 0. The Bertz CT molecular complexity index is 648. The van der Waals surface area contributed by atoms with Crippen LogP contribution in [-0.2, 0) is 17.1 Å². The molecule has 0 spiro atoms. The van der Waals surface area contributed by atoms with Crippen molar-refractivity contribution in [2.24, 2.45) is 0 Å². The Hall–Kier alpha value is 0.351. The maximum atomic E-state index is 9.67. The molecule has 2 N–H and O–H groups in total. The molecule has 24 heavy (non-hydrogen) atoms. The second-order valence-electron chi connectivity index (χ2n) is 7.83. The van der Waals surface area contributed by atoms with Crippen molar-refractivity contribution in [1.29, 1.82) is 0 Å². The van der Waals surface area contributed by atoms with E-state index in [1.807, 2.05) is 12.1 Å². The molecule has 0 saturated carbocycles. The number of nitrogens with one attached hydrogen (secondary N) is 1. The van der Waals surface area contributed by atoms with Crippen molar-refractivity contribution in [1.82, 2.24) is 3.80 Å². The van der Waals surface area contributed by atoms with Gasteiger partial charge in [0.1, 0.15) is 0 Å². The van der Waals surface area contributed by atoms with Crippen LogP contribution >= 0.6 is 18.6 Å². The molecule has 0 heterocycles. The van der Waals surface area contributed by atoms with Crippen LogP contribution in [0.3, 0.4) is 0 Å². The fourth-order valence-corrected chi connectivity index (χ4v) is 29.8. The Labute approximate surface area is 154 Å². The molecule has 1 aliphatic rings. The van der Waals surface area contributed by atoms with E-state index < -0.39 is 18.9 Å². The molecule has 0 saturated heterocycles. The minimum absolute atomic E-state index is 0.0270. The van der Waals surface area contributed by atoms with Gasteiger partial charge >= 0.3 is 155 Å². The van der Waals surface area contributed by atoms with Gasteiger partial charge in [0, 0.05) is 0 Å². The first-order chi connectivity index (χ1) is 11.0. The van der Waals surface area contributed by atoms with Crippen molar-refractivity contribution in [3.63, 3.8) is 0 Å². The predicted octanol–water partition coefficient (Wildman–Crippen LogP) is 4.77. The van der Waals surface area contributed by atoms with Gasteiger partial charge in [0.25, 0.3) is 0 Å². The fraction of sp³-hybridized carbons (Fsp3) is 0.529. The second kappa shape index (κ2) is 6.82. The Balaban J connectivity index is 2.67. The topological polar surface area (TPSA) is 41.5 Å². The Kier molecular flexibility index (Phi) is 5.87. The van der Waals surface area contributed by atoms with E-state index in [1.54, 1.807) is 7.11 Å². The molecule has 0 bridgehead atoms. The standard InChI is InChI=1S/C9H7.C4H10N.C4H11O2Si.2ClH.Ti/c1-2-5-9-7-3-6-8(9)4-1;1-4(2,3)5;1-6-7(2)4-3-5;;;/h1-7H;5H,1-3H3;5H,3-4H2,1-2H3;2*1H;/q;-1;;;;+3/p-2. The molecule has 2 rings (SSSR count). The average Bonchev–Trinajstić information content (AvgIpc) is 2.90. The van der Waals surface area contributed by atoms with E-state index in [-0.39, 0.29) is 16.4 Å². The molecule has 0 aliphatic heterocycles. The summed E-state index contributed by atoms with van der Waals surface area (Å²) < 4.78 is 9.61. The van der Waals surface area contributed by atoms with E-state index in [1.165, 1.54) is 0 Å². The van der Waals surface area contributed by atoms with Crippen molar-refractivity contribution in [3.8, 4) is 0 Å². The summed E-state index contributed by atoms with van der Waals surface area (Å²) in [5.74, 6) is 0. The Morgan fingerprint density at radius 2 is 1.92 bits per heavy atom. The molecule has 0 amide bonds. The molecule has 0 fully saturated rings. The second-order valence-corrected chi connectivity index (χ2v) is 35.1. The first kappa shape index (κ1) is 20.7. The van der Waals surface area contributed by atoms with Gasteiger partial charge in [-0.05, 0) is 0 Å². The number of benzene rings is 1. The van der Waals surface area contributed by atoms with Gasteiger partial charge in [0.2, 0.25) is 0 Å². The van der Waals surface area contributed by atoms with Crippen LogP contribution in [0.15, 0.2) is 30.3 Å². The number of hydrogen-bond acceptors (Lipinski definition) is 3. The molecule has 2 atom stereocenters. The van der Waals surface area contributed by atoms with Gasteiger partial charge in [-0.1, -0.05) is 0 Å². The summed E-state index contributed by atoms with van der Waals surface area (Å²) in [6.45, 7) is 8.32. The van der Waals surface area contributed by atoms with Gasteiger partial charge in [-0.15, -0.1) is 0 Å². The van der Waals surface area contributed by atoms with Crippen LogP contribution in [0.2, 0.25) is 12.6 Å². The SMILES string of the molecule is CO[Si](C)(CCO)[Ti]([Cl])([Cl])([NH]C(C)(C)C)[CH]1C=Cc2ccccc21. The van der Waals surface area contributed by atoms with E-state index in [4.69, 9.17) is 23.0 Å². The van der Waals surface area contributed by atoms with Crippen LogP contribution < -0.4 is 3.80 Å². The number of aliphatic hydroxyl groups is 1. The van der Waals surface area contributed by atoms with Crippen molar-refractivity contribution in [2.75, 3.05) is 13.7 Å². The monoisotopic (exact) mass is 424 g/mol. The minimum atomic E-state index is -4.49. The van der Waals surface area contributed by atoms with Gasteiger partial charge in [0.15, 0.2) is 0 Å². The molecular formula is C17H28Cl2NO2SiTi. The third-order valence-electron chi connectivity index (χ3n) is 4.96. The molecule has 135 valence electrons. The van der Waals surface area contributed by atoms with Crippen molar-refractivity contribution >= 4 is 30.9 Å². The molecule has 1 aromatic carbocycles. The Morgan fingerprint density at radius 3 is 2.46 bits per heavy atom. The van der Waals surface area contributed by atoms with E-state index in [2.05, 4.69) is 55.4 Å². The van der Waals surface area contributed by atoms with Crippen LogP contribution in [0.25, 0.3) is 6.08 Å². The number of aliphatic hydroxyl groups excluding tert-OH is 1. The summed E-state index contributed by atoms with van der Waals surface area (Å²) in [5, 5.41) is 9.67. The third kappa shape index (κ3) is 3.45. The summed E-state index contributed by atoms with van der Waals surface area (Å²) >= 11 is -4.49. The number of halogens is 2. The number of rotatable bonds is 6. The third-order valence-corrected chi connectivity index (χ3v) is 39.0. The molecule has 0 radical (unpaired) electrons. The van der Waals surface area contributed by atoms with Crippen LogP contribution in [0.5, 0.6) is 0 Å². The summed E-state index contributed by atoms with van der Waals surface area (Å²) in [5.41, 5.74) is 2.06. The summed E-state index contributed by atoms with van der Waals surface area (Å²) in [6.07, 6.45) is 1.59. The van der Waals surface area contributed by atoms with Crippen molar-refractivity contribution in [2.45, 2.75) is 43.1 Å². The molecule has 7 heteroatoms. The maximum absolute atomic E-state index is 9.67. The number of hydrogen-bond donors (Lipinski definition) is 2. The van der Waals surface area contributed by atoms with Crippen LogP contribution in [0, 0.1) is 0 Å². The molecule has 1 aliphatic carbocycles. The zero-order chi connectivity index (χ0) is 18.3. The summed E-state index contributed by atoms with van der Waals surface area (Å²) in [6, 6.07) is 8.74. The molecular weight excluding hydrogens is 397 g/mol. The predicted molar refractivity (Wildman–Crippen MR) is 103 cm³/mol. The van der Waals surface area contributed by atoms with Crippen molar-refractivity contribution < 1.29 is 22.2 Å². The molecule has 0 aromatic heterocycles. The van der Waals surface area contributed by atoms with Gasteiger partial charge in [-0.2, -0.15) is 0 Å². The number of allylic oxidation sites excluding steroid dienone is 1. The van der Waals surface area contributed by atoms with Gasteiger partial charge in [0.05, 0.1) is 0 Å².